The van der Waals surface area contributed by atoms with Crippen molar-refractivity contribution in [1.82, 2.24) is 0 Å². The van der Waals surface area contributed by atoms with Crippen LogP contribution in [0.3, 0.4) is 0 Å². The molecule has 0 aliphatic heterocycles. The molecule has 0 saturated carbocycles. The highest BCUT2D eigenvalue weighted by Gasteiger charge is 2.08. The first kappa shape index (κ1) is 16.4. The molecule has 0 fully saturated rings. The van der Waals surface area contributed by atoms with Crippen LogP contribution in [0.5, 0.6) is 0 Å². The van der Waals surface area contributed by atoms with Gasteiger partial charge in [0.25, 0.3) is 0 Å². The maximum Gasteiger partial charge on any atom is 0.234 e. The molecule has 2 rings (SSSR count). The van der Waals surface area contributed by atoms with Gasteiger partial charge in [0, 0.05) is 19.5 Å². The van der Waals surface area contributed by atoms with E-state index in [2.05, 4.69) is 37.2 Å². The third-order valence-corrected chi connectivity index (χ3v) is 5.09. The molecule has 0 radical (unpaired) electrons. The summed E-state index contributed by atoms with van der Waals surface area (Å²) in [5.41, 5.74) is 8.30. The standard InChI is InChI=1S/C15H14Br2N2OS/c1-9-6-11(18)3-5-14(9)21-8-15(20)19-13-4-2-10(16)7-12(13)17/h2-7H,8,18H2,1H3,(H,19,20). The molecule has 3 N–H and O–H groups in total. The van der Waals surface area contributed by atoms with E-state index in [1.54, 1.807) is 0 Å². The fraction of sp³-hybridized carbons (Fsp3) is 0.133. The predicted molar refractivity (Wildman–Crippen MR) is 96.8 cm³/mol. The van der Waals surface area contributed by atoms with Gasteiger partial charge < -0.3 is 11.1 Å². The van der Waals surface area contributed by atoms with Gasteiger partial charge in [-0.15, -0.1) is 11.8 Å². The number of nitrogen functional groups attached to an aromatic ring is 1. The first-order valence-corrected chi connectivity index (χ1v) is 8.76. The normalized spacial score (nSPS) is 10.4. The van der Waals surface area contributed by atoms with Gasteiger partial charge in [0.2, 0.25) is 5.91 Å². The van der Waals surface area contributed by atoms with Gasteiger partial charge in [0.05, 0.1) is 11.4 Å². The van der Waals surface area contributed by atoms with E-state index >= 15 is 0 Å². The smallest absolute Gasteiger partial charge is 0.234 e. The van der Waals surface area contributed by atoms with Gasteiger partial charge in [-0.2, -0.15) is 0 Å². The number of hydrogen-bond acceptors (Lipinski definition) is 3. The first-order valence-electron chi connectivity index (χ1n) is 6.19. The molecule has 21 heavy (non-hydrogen) atoms. The molecule has 2 aromatic rings. The second-order valence-corrected chi connectivity index (χ2v) is 7.27. The zero-order valence-corrected chi connectivity index (χ0v) is 15.3. The summed E-state index contributed by atoms with van der Waals surface area (Å²) in [5, 5.41) is 2.89. The number of thioether (sulfide) groups is 1. The second kappa shape index (κ2) is 7.33. The molecular formula is C15H14Br2N2OS. The van der Waals surface area contributed by atoms with E-state index in [9.17, 15) is 4.79 Å². The second-order valence-electron chi connectivity index (χ2n) is 4.49. The van der Waals surface area contributed by atoms with Crippen LogP contribution in [0.1, 0.15) is 5.56 Å². The molecule has 0 bridgehead atoms. The van der Waals surface area contributed by atoms with E-state index < -0.39 is 0 Å². The van der Waals surface area contributed by atoms with E-state index in [-0.39, 0.29) is 5.91 Å². The van der Waals surface area contributed by atoms with Gasteiger partial charge in [-0.1, -0.05) is 15.9 Å². The van der Waals surface area contributed by atoms with Crippen LogP contribution in [0, 0.1) is 6.92 Å². The Kier molecular flexibility index (Phi) is 5.72. The van der Waals surface area contributed by atoms with Crippen molar-refractivity contribution in [3.63, 3.8) is 0 Å². The topological polar surface area (TPSA) is 55.1 Å². The van der Waals surface area contributed by atoms with E-state index in [1.807, 2.05) is 43.3 Å². The quantitative estimate of drug-likeness (QED) is 0.540. The number of anilines is 2. The van der Waals surface area contributed by atoms with Crippen LogP contribution in [0.4, 0.5) is 11.4 Å². The Morgan fingerprint density at radius 1 is 1.24 bits per heavy atom. The van der Waals surface area contributed by atoms with Gasteiger partial charge >= 0.3 is 0 Å². The van der Waals surface area contributed by atoms with Crippen LogP contribution in [-0.4, -0.2) is 11.7 Å². The highest BCUT2D eigenvalue weighted by molar-refractivity contribution is 9.11. The van der Waals surface area contributed by atoms with Gasteiger partial charge in [-0.05, 0) is 64.8 Å². The zero-order chi connectivity index (χ0) is 15.4. The van der Waals surface area contributed by atoms with Crippen LogP contribution in [-0.2, 0) is 4.79 Å². The fourth-order valence-corrected chi connectivity index (χ4v) is 3.71. The summed E-state index contributed by atoms with van der Waals surface area (Å²) in [6, 6.07) is 11.3. The molecule has 0 saturated heterocycles. The fourth-order valence-electron chi connectivity index (χ4n) is 1.75. The molecule has 0 aliphatic rings. The van der Waals surface area contributed by atoms with Crippen LogP contribution in [0.15, 0.2) is 50.2 Å². The van der Waals surface area contributed by atoms with Gasteiger partial charge in [0.1, 0.15) is 0 Å². The van der Waals surface area contributed by atoms with Crippen molar-refractivity contribution < 1.29 is 4.79 Å². The third kappa shape index (κ3) is 4.76. The maximum absolute atomic E-state index is 12.0. The summed E-state index contributed by atoms with van der Waals surface area (Å²) in [4.78, 5) is 13.1. The number of aryl methyl sites for hydroxylation is 1. The number of benzene rings is 2. The minimum absolute atomic E-state index is 0.0424. The van der Waals surface area contributed by atoms with E-state index in [4.69, 9.17) is 5.73 Å². The van der Waals surface area contributed by atoms with Crippen molar-refractivity contribution in [2.75, 3.05) is 16.8 Å². The first-order chi connectivity index (χ1) is 9.95. The minimum Gasteiger partial charge on any atom is -0.399 e. The number of rotatable bonds is 4. The number of carbonyl (C=O) groups is 1. The number of halogens is 2. The molecule has 0 spiro atoms. The van der Waals surface area contributed by atoms with Crippen LogP contribution in [0.25, 0.3) is 0 Å². The summed E-state index contributed by atoms with van der Waals surface area (Å²) in [5.74, 6) is 0.312. The van der Waals surface area contributed by atoms with Gasteiger partial charge in [0.15, 0.2) is 0 Å². The lowest BCUT2D eigenvalue weighted by Crippen LogP contribution is -2.14. The van der Waals surface area contributed by atoms with Crippen molar-refractivity contribution in [1.29, 1.82) is 0 Å². The highest BCUT2D eigenvalue weighted by Crippen LogP contribution is 2.27. The maximum atomic E-state index is 12.0. The van der Waals surface area contributed by atoms with Crippen molar-refractivity contribution in [3.8, 4) is 0 Å². The third-order valence-electron chi connectivity index (χ3n) is 2.76. The summed E-state index contributed by atoms with van der Waals surface area (Å²) in [6.45, 7) is 1.99. The van der Waals surface area contributed by atoms with Crippen molar-refractivity contribution >= 4 is 60.9 Å². The summed E-state index contributed by atoms with van der Waals surface area (Å²) < 4.78 is 1.80. The Labute approximate surface area is 144 Å². The number of amides is 1. The van der Waals surface area contributed by atoms with Crippen molar-refractivity contribution in [2.24, 2.45) is 0 Å². The largest absolute Gasteiger partial charge is 0.399 e. The molecule has 110 valence electrons. The van der Waals surface area contributed by atoms with E-state index in [0.29, 0.717) is 5.75 Å². The Morgan fingerprint density at radius 3 is 2.67 bits per heavy atom. The molecule has 3 nitrogen and oxygen atoms in total. The van der Waals surface area contributed by atoms with Gasteiger partial charge in [-0.25, -0.2) is 0 Å². The number of nitrogens with one attached hydrogen (secondary N) is 1. The van der Waals surface area contributed by atoms with Gasteiger partial charge in [-0.3, -0.25) is 4.79 Å². The molecule has 0 unspecified atom stereocenters. The molecule has 6 heteroatoms. The minimum atomic E-state index is -0.0424. The predicted octanol–water partition coefficient (Wildman–Crippen LogP) is 4.83. The average Bonchev–Trinajstić information content (AvgIpc) is 2.41. The molecular weight excluding hydrogens is 416 g/mol. The Bertz CT molecular complexity index is 677. The SMILES string of the molecule is Cc1cc(N)ccc1SCC(=O)Nc1ccc(Br)cc1Br. The summed E-state index contributed by atoms with van der Waals surface area (Å²) in [6.07, 6.45) is 0. The van der Waals surface area contributed by atoms with Crippen LogP contribution < -0.4 is 11.1 Å². The Morgan fingerprint density at radius 2 is 2.00 bits per heavy atom. The molecule has 0 heterocycles. The van der Waals surface area contributed by atoms with Crippen molar-refractivity contribution in [3.05, 3.63) is 50.9 Å². The molecule has 0 aromatic heterocycles. The van der Waals surface area contributed by atoms with Crippen LogP contribution >= 0.6 is 43.6 Å². The highest BCUT2D eigenvalue weighted by atomic mass is 79.9. The van der Waals surface area contributed by atoms with E-state index in [0.717, 1.165) is 30.8 Å². The Balaban J connectivity index is 1.96. The summed E-state index contributed by atoms with van der Waals surface area (Å²) in [7, 11) is 0. The lowest BCUT2D eigenvalue weighted by molar-refractivity contribution is -0.113. The molecule has 0 aliphatic carbocycles. The molecule has 1 amide bonds. The van der Waals surface area contributed by atoms with Crippen molar-refractivity contribution in [2.45, 2.75) is 11.8 Å². The van der Waals surface area contributed by atoms with E-state index in [1.165, 1.54) is 11.8 Å². The number of nitrogens with two attached hydrogens (primary N) is 1. The van der Waals surface area contributed by atoms with Crippen LogP contribution in [0.2, 0.25) is 0 Å². The number of carbonyl (C=O) groups excluding carboxylic acids is 1. The Hall–Kier alpha value is -0.980. The molecule has 2 aromatic carbocycles. The summed E-state index contributed by atoms with van der Waals surface area (Å²) >= 11 is 8.31. The zero-order valence-electron chi connectivity index (χ0n) is 11.3. The molecule has 0 atom stereocenters. The lowest BCUT2D eigenvalue weighted by atomic mass is 10.2. The number of hydrogen-bond donors (Lipinski definition) is 2. The lowest BCUT2D eigenvalue weighted by Gasteiger charge is -2.09. The monoisotopic (exact) mass is 428 g/mol. The average molecular weight is 430 g/mol.